The summed E-state index contributed by atoms with van der Waals surface area (Å²) in [6, 6.07) is 7.37. The van der Waals surface area contributed by atoms with E-state index >= 15 is 0 Å². The van der Waals surface area contributed by atoms with Crippen molar-refractivity contribution in [1.82, 2.24) is 5.32 Å². The minimum atomic E-state index is -0.241. The van der Waals surface area contributed by atoms with Crippen molar-refractivity contribution >= 4 is 11.6 Å². The van der Waals surface area contributed by atoms with Gasteiger partial charge in [-0.2, -0.15) is 0 Å². The molecule has 1 rings (SSSR count). The van der Waals surface area contributed by atoms with Crippen LogP contribution in [0.15, 0.2) is 24.3 Å². The second-order valence-electron chi connectivity index (χ2n) is 4.40. The molecule has 3 N–H and O–H groups in total. The van der Waals surface area contributed by atoms with Crippen LogP contribution in [0.5, 0.6) is 0 Å². The molecule has 0 aliphatic heterocycles. The monoisotopic (exact) mass is 236 g/mol. The van der Waals surface area contributed by atoms with Gasteiger partial charge >= 0.3 is 0 Å². The molecular weight excluding hydrogens is 216 g/mol. The maximum Gasteiger partial charge on any atom is 0.253 e. The Hall–Kier alpha value is -1.55. The molecule has 0 radical (unpaired) electrons. The zero-order valence-electron chi connectivity index (χ0n) is 10.5. The van der Waals surface area contributed by atoms with Crippen molar-refractivity contribution in [2.75, 3.05) is 11.9 Å². The molecule has 0 bridgehead atoms. The molecule has 0 saturated heterocycles. The Morgan fingerprint density at radius 2 is 1.94 bits per heavy atom. The fourth-order valence-corrected chi connectivity index (χ4v) is 1.47. The first-order valence-corrected chi connectivity index (χ1v) is 5.82. The van der Waals surface area contributed by atoms with Crippen molar-refractivity contribution in [1.29, 1.82) is 0 Å². The predicted octanol–water partition coefficient (Wildman–Crippen LogP) is 1.62. The number of carbonyl (C=O) groups excluding carboxylic acids is 1. The van der Waals surface area contributed by atoms with Gasteiger partial charge in [-0.3, -0.25) is 4.79 Å². The number of aliphatic hydroxyl groups excluding tert-OH is 1. The number of amides is 1. The van der Waals surface area contributed by atoms with Gasteiger partial charge < -0.3 is 15.7 Å². The van der Waals surface area contributed by atoms with E-state index in [9.17, 15) is 4.79 Å². The van der Waals surface area contributed by atoms with Gasteiger partial charge in [0.15, 0.2) is 0 Å². The Labute approximate surface area is 102 Å². The Kier molecular flexibility index (Phi) is 4.97. The van der Waals surface area contributed by atoms with E-state index in [1.165, 1.54) is 0 Å². The number of carbonyl (C=O) groups is 1. The Morgan fingerprint density at radius 1 is 1.29 bits per heavy atom. The smallest absolute Gasteiger partial charge is 0.253 e. The summed E-state index contributed by atoms with van der Waals surface area (Å²) in [5.41, 5.74) is 1.41. The summed E-state index contributed by atoms with van der Waals surface area (Å²) in [6.07, 6.45) is 0. The van der Waals surface area contributed by atoms with Crippen molar-refractivity contribution in [3.63, 3.8) is 0 Å². The quantitative estimate of drug-likeness (QED) is 0.728. The minimum Gasteiger partial charge on any atom is -0.394 e. The van der Waals surface area contributed by atoms with E-state index in [2.05, 4.69) is 10.6 Å². The van der Waals surface area contributed by atoms with Gasteiger partial charge in [-0.25, -0.2) is 0 Å². The van der Waals surface area contributed by atoms with Gasteiger partial charge in [0.25, 0.3) is 5.91 Å². The summed E-state index contributed by atoms with van der Waals surface area (Å²) in [6.45, 7) is 5.73. The van der Waals surface area contributed by atoms with Crippen molar-refractivity contribution in [2.24, 2.45) is 0 Å². The van der Waals surface area contributed by atoms with Crippen LogP contribution in [-0.2, 0) is 0 Å². The van der Waals surface area contributed by atoms with E-state index in [1.807, 2.05) is 32.0 Å². The highest BCUT2D eigenvalue weighted by Gasteiger charge is 2.13. The van der Waals surface area contributed by atoms with E-state index in [-0.39, 0.29) is 24.6 Å². The zero-order chi connectivity index (χ0) is 12.8. The Morgan fingerprint density at radius 3 is 2.53 bits per heavy atom. The summed E-state index contributed by atoms with van der Waals surface area (Å²) >= 11 is 0. The van der Waals surface area contributed by atoms with Gasteiger partial charge in [-0.05, 0) is 32.9 Å². The van der Waals surface area contributed by atoms with Crippen LogP contribution in [0.25, 0.3) is 0 Å². The Bertz CT molecular complexity index is 377. The third-order valence-corrected chi connectivity index (χ3v) is 2.27. The van der Waals surface area contributed by atoms with Gasteiger partial charge in [0.05, 0.1) is 12.2 Å². The summed E-state index contributed by atoms with van der Waals surface area (Å²) in [5, 5.41) is 14.9. The summed E-state index contributed by atoms with van der Waals surface area (Å²) in [7, 11) is 0. The van der Waals surface area contributed by atoms with E-state index in [1.54, 1.807) is 13.0 Å². The molecule has 0 saturated carbocycles. The third-order valence-electron chi connectivity index (χ3n) is 2.27. The molecule has 0 aliphatic carbocycles. The average molecular weight is 236 g/mol. The van der Waals surface area contributed by atoms with Gasteiger partial charge in [0.2, 0.25) is 0 Å². The number of rotatable bonds is 5. The number of hydrogen-bond donors (Lipinski definition) is 3. The van der Waals surface area contributed by atoms with Crippen molar-refractivity contribution in [2.45, 2.75) is 32.9 Å². The maximum absolute atomic E-state index is 12.0. The second-order valence-corrected chi connectivity index (χ2v) is 4.40. The number of anilines is 1. The predicted molar refractivity (Wildman–Crippen MR) is 69.2 cm³/mol. The molecule has 4 heteroatoms. The van der Waals surface area contributed by atoms with Crippen LogP contribution in [0.2, 0.25) is 0 Å². The highest BCUT2D eigenvalue weighted by Crippen LogP contribution is 2.16. The number of aliphatic hydroxyl groups is 1. The molecule has 4 nitrogen and oxygen atoms in total. The molecule has 17 heavy (non-hydrogen) atoms. The normalized spacial score (nSPS) is 12.3. The van der Waals surface area contributed by atoms with E-state index in [0.29, 0.717) is 5.56 Å². The number of nitrogens with one attached hydrogen (secondary N) is 2. The van der Waals surface area contributed by atoms with Crippen LogP contribution >= 0.6 is 0 Å². The fraction of sp³-hybridized carbons (Fsp3) is 0.462. The molecule has 94 valence electrons. The molecule has 1 amide bonds. The van der Waals surface area contributed by atoms with E-state index in [0.717, 1.165) is 5.69 Å². The second kappa shape index (κ2) is 6.25. The molecule has 0 fully saturated rings. The number of hydrogen-bond acceptors (Lipinski definition) is 3. The van der Waals surface area contributed by atoms with E-state index < -0.39 is 0 Å². The Balaban J connectivity index is 2.85. The average Bonchev–Trinajstić information content (AvgIpc) is 2.28. The van der Waals surface area contributed by atoms with Gasteiger partial charge in [-0.1, -0.05) is 12.1 Å². The minimum absolute atomic E-state index is 0.0640. The fourth-order valence-electron chi connectivity index (χ4n) is 1.47. The van der Waals surface area contributed by atoms with Crippen molar-refractivity contribution in [3.8, 4) is 0 Å². The van der Waals surface area contributed by atoms with Gasteiger partial charge in [0, 0.05) is 17.8 Å². The first-order chi connectivity index (χ1) is 8.04. The highest BCUT2D eigenvalue weighted by atomic mass is 16.3. The number of benzene rings is 1. The molecular formula is C13H20N2O2. The molecule has 0 aliphatic rings. The topological polar surface area (TPSA) is 61.4 Å². The van der Waals surface area contributed by atoms with Crippen LogP contribution in [0.3, 0.4) is 0 Å². The maximum atomic E-state index is 12.0. The van der Waals surface area contributed by atoms with Crippen LogP contribution < -0.4 is 10.6 Å². The molecule has 1 aromatic carbocycles. The first-order valence-electron chi connectivity index (χ1n) is 5.82. The van der Waals surface area contributed by atoms with Crippen molar-refractivity contribution < 1.29 is 9.90 Å². The largest absolute Gasteiger partial charge is 0.394 e. The van der Waals surface area contributed by atoms with Crippen LogP contribution in [0, 0.1) is 0 Å². The summed E-state index contributed by atoms with van der Waals surface area (Å²) < 4.78 is 0. The van der Waals surface area contributed by atoms with Gasteiger partial charge in [-0.15, -0.1) is 0 Å². The third kappa shape index (κ3) is 4.07. The zero-order valence-corrected chi connectivity index (χ0v) is 10.5. The molecule has 0 aromatic heterocycles. The highest BCUT2D eigenvalue weighted by molar-refractivity contribution is 5.99. The lowest BCUT2D eigenvalue weighted by molar-refractivity contribution is 0.0923. The summed E-state index contributed by atoms with van der Waals surface area (Å²) in [4.78, 5) is 12.0. The molecule has 1 aromatic rings. The lowest BCUT2D eigenvalue weighted by Gasteiger charge is -2.16. The van der Waals surface area contributed by atoms with Crippen LogP contribution in [0.1, 0.15) is 31.1 Å². The van der Waals surface area contributed by atoms with E-state index in [4.69, 9.17) is 5.11 Å². The van der Waals surface area contributed by atoms with Gasteiger partial charge in [0.1, 0.15) is 0 Å². The lowest BCUT2D eigenvalue weighted by atomic mass is 10.1. The van der Waals surface area contributed by atoms with Crippen molar-refractivity contribution in [3.05, 3.63) is 29.8 Å². The lowest BCUT2D eigenvalue weighted by Crippen LogP contribution is -2.35. The standard InChI is InChI=1S/C13H20N2O2/c1-9(2)14-12-7-5-4-6-11(12)13(17)15-10(3)8-16/h4-7,9-10,14,16H,8H2,1-3H3,(H,15,17). The molecule has 0 heterocycles. The molecule has 0 spiro atoms. The molecule has 1 unspecified atom stereocenters. The van der Waals surface area contributed by atoms with Crippen LogP contribution in [-0.4, -0.2) is 29.7 Å². The number of para-hydroxylation sites is 1. The first kappa shape index (κ1) is 13.5. The van der Waals surface area contributed by atoms with Crippen LogP contribution in [0.4, 0.5) is 5.69 Å². The molecule has 1 atom stereocenters. The SMILES string of the molecule is CC(C)Nc1ccccc1C(=O)NC(C)CO. The summed E-state index contributed by atoms with van der Waals surface area (Å²) in [5.74, 6) is -0.171.